The van der Waals surface area contributed by atoms with Crippen LogP contribution >= 0.6 is 0 Å². The minimum absolute atomic E-state index is 0.0618. The lowest BCUT2D eigenvalue weighted by molar-refractivity contribution is -0.143. The SMILES string of the molecule is CCO[C@@H]1CCN(c2ccn3ncc(C(=O)Nc4cn([C@H]5CC[C@H](C(=O)N6[C@@H]7CC[C@H]6CN(CCCCc6cccc8c6n(C)c(=O)n8C6CCC(=O)NC6=O)C7)CC5)nc4C(F)F)c3n2)C1. The molecule has 5 fully saturated rings. The Morgan fingerprint density at radius 2 is 1.73 bits per heavy atom. The summed E-state index contributed by atoms with van der Waals surface area (Å²) in [5, 5.41) is 13.6. The van der Waals surface area contributed by atoms with Crippen LogP contribution in [0, 0.1) is 5.92 Å². The number of nitrogens with zero attached hydrogens (tertiary/aromatic N) is 10. The minimum atomic E-state index is -2.91. The molecule has 2 N–H and O–H groups in total. The Bertz CT molecular complexity index is 2740. The maximum absolute atomic E-state index is 14.4. The molecule has 4 aromatic heterocycles. The summed E-state index contributed by atoms with van der Waals surface area (Å²) in [5.74, 6) is -0.636. The van der Waals surface area contributed by atoms with Crippen molar-refractivity contribution in [2.75, 3.05) is 49.5 Å². The summed E-state index contributed by atoms with van der Waals surface area (Å²) in [5.41, 5.74) is 2.20. The molecular formula is C47H58F2N12O6. The largest absolute Gasteiger partial charge is 0.377 e. The molecule has 2 bridgehead atoms. The number of anilines is 2. The lowest BCUT2D eigenvalue weighted by Gasteiger charge is -2.43. The molecule has 0 spiro atoms. The number of benzene rings is 1. The van der Waals surface area contributed by atoms with E-state index in [4.69, 9.17) is 9.72 Å². The number of hydrogen-bond acceptors (Lipinski definition) is 11. The van der Waals surface area contributed by atoms with E-state index in [-0.39, 0.29) is 65.3 Å². The molecule has 1 aliphatic carbocycles. The van der Waals surface area contributed by atoms with Crippen molar-refractivity contribution < 1.29 is 32.7 Å². The van der Waals surface area contributed by atoms with Gasteiger partial charge in [-0.05, 0) is 102 Å². The molecule has 1 saturated carbocycles. The van der Waals surface area contributed by atoms with Crippen LogP contribution < -0.4 is 21.2 Å². The average molecular weight is 925 g/mol. The van der Waals surface area contributed by atoms with E-state index in [0.29, 0.717) is 62.2 Å². The number of imidazole rings is 1. The van der Waals surface area contributed by atoms with Gasteiger partial charge in [-0.25, -0.2) is 23.1 Å². The number of nitrogens with one attached hydrogen (secondary N) is 2. The van der Waals surface area contributed by atoms with E-state index in [2.05, 4.69) is 35.5 Å². The van der Waals surface area contributed by atoms with E-state index in [1.165, 1.54) is 26.2 Å². The zero-order valence-corrected chi connectivity index (χ0v) is 38.0. The predicted octanol–water partition coefficient (Wildman–Crippen LogP) is 4.79. The van der Waals surface area contributed by atoms with Crippen LogP contribution in [0.15, 0.2) is 47.7 Å². The van der Waals surface area contributed by atoms with Gasteiger partial charge in [0.1, 0.15) is 17.4 Å². The number of carbonyl (C=O) groups is 4. The molecule has 4 atom stereocenters. The lowest BCUT2D eigenvalue weighted by Crippen LogP contribution is -2.57. The second-order valence-electron chi connectivity index (χ2n) is 18.9. The molecule has 8 heterocycles. The number of fused-ring (bicyclic) bond motifs is 4. The first-order valence-electron chi connectivity index (χ1n) is 23.9. The van der Waals surface area contributed by atoms with Crippen LogP contribution in [0.1, 0.15) is 118 Å². The van der Waals surface area contributed by atoms with Crippen molar-refractivity contribution in [3.8, 4) is 0 Å². The fourth-order valence-electron chi connectivity index (χ4n) is 11.5. The van der Waals surface area contributed by atoms with Gasteiger partial charge < -0.3 is 19.9 Å². The van der Waals surface area contributed by atoms with Gasteiger partial charge in [-0.1, -0.05) is 12.1 Å². The van der Waals surface area contributed by atoms with Crippen molar-refractivity contribution in [1.29, 1.82) is 0 Å². The number of likely N-dealkylation sites (tertiary alicyclic amines) is 1. The van der Waals surface area contributed by atoms with Gasteiger partial charge in [-0.15, -0.1) is 0 Å². The fourth-order valence-corrected chi connectivity index (χ4v) is 11.5. The van der Waals surface area contributed by atoms with Gasteiger partial charge in [0.2, 0.25) is 17.7 Å². The Labute approximate surface area is 385 Å². The van der Waals surface area contributed by atoms with Crippen LogP contribution in [-0.4, -0.2) is 124 Å². The first-order chi connectivity index (χ1) is 32.4. The number of aromatic nitrogens is 7. The smallest absolute Gasteiger partial charge is 0.329 e. The van der Waals surface area contributed by atoms with Crippen LogP contribution in [-0.2, 0) is 32.6 Å². The monoisotopic (exact) mass is 924 g/mol. The maximum atomic E-state index is 14.4. The molecule has 356 valence electrons. The zero-order chi connectivity index (χ0) is 46.5. The highest BCUT2D eigenvalue weighted by molar-refractivity contribution is 6.08. The molecular weight excluding hydrogens is 867 g/mol. The molecule has 0 radical (unpaired) electrons. The Morgan fingerprint density at radius 1 is 0.955 bits per heavy atom. The number of alkyl halides is 2. The normalized spacial score (nSPS) is 24.7. The van der Waals surface area contributed by atoms with Crippen LogP contribution in [0.4, 0.5) is 20.3 Å². The number of rotatable bonds is 14. The van der Waals surface area contributed by atoms with Gasteiger partial charge in [-0.3, -0.25) is 43.2 Å². The molecule has 4 saturated heterocycles. The number of carbonyl (C=O) groups excluding carboxylic acids is 4. The highest BCUT2D eigenvalue weighted by Gasteiger charge is 2.45. The molecule has 4 amide bonds. The minimum Gasteiger partial charge on any atom is -0.377 e. The van der Waals surface area contributed by atoms with Crippen molar-refractivity contribution in [1.82, 2.24) is 48.6 Å². The predicted molar refractivity (Wildman–Crippen MR) is 243 cm³/mol. The number of hydrogen-bond donors (Lipinski definition) is 2. The highest BCUT2D eigenvalue weighted by Crippen LogP contribution is 2.39. The van der Waals surface area contributed by atoms with E-state index >= 15 is 0 Å². The maximum Gasteiger partial charge on any atom is 0.329 e. The third-order valence-electron chi connectivity index (χ3n) is 14.8. The molecule has 67 heavy (non-hydrogen) atoms. The number of unbranched alkanes of at least 4 members (excludes halogenated alkanes) is 1. The van der Waals surface area contributed by atoms with Crippen molar-refractivity contribution >= 4 is 51.8 Å². The van der Waals surface area contributed by atoms with E-state index in [0.717, 1.165) is 75.8 Å². The van der Waals surface area contributed by atoms with Crippen molar-refractivity contribution in [2.24, 2.45) is 13.0 Å². The Hall–Kier alpha value is -6.02. The second-order valence-corrected chi connectivity index (χ2v) is 18.9. The van der Waals surface area contributed by atoms with E-state index in [9.17, 15) is 32.8 Å². The third kappa shape index (κ3) is 8.62. The molecule has 10 rings (SSSR count). The number of piperidine rings is 1. The standard InChI is InChI=1S/C47H58F2N12O6/c1-3-67-33-18-21-57(26-33)38-19-22-58-43(52-38)34(23-50-58)44(63)51-35-27-59(54-40(35)42(48)49)30-12-10-29(11-13-30)46(65)60-31-14-15-32(60)25-56(24-31)20-5-4-7-28-8-6-9-36-41(28)55(2)47(66)61(36)37-16-17-39(62)53-45(37)64/h6,8-9,19,22-23,27,29-33,37,42H,3-5,7,10-18,20-21,24-26H2,1-2H3,(H,51,63)(H,53,62,64)/t29-,30-,31-,32+,33-,37?/m1/s1. The number of piperazine rings is 1. The van der Waals surface area contributed by atoms with Gasteiger partial charge in [0.15, 0.2) is 11.3 Å². The number of ether oxygens (including phenoxy) is 1. The number of para-hydroxylation sites is 1. The number of aryl methyl sites for hydroxylation is 2. The van der Waals surface area contributed by atoms with Crippen molar-refractivity contribution in [3.63, 3.8) is 0 Å². The highest BCUT2D eigenvalue weighted by atomic mass is 19.3. The summed E-state index contributed by atoms with van der Waals surface area (Å²) in [6.45, 7) is 6.60. The van der Waals surface area contributed by atoms with Crippen LogP contribution in [0.25, 0.3) is 16.7 Å². The Balaban J connectivity index is 0.718. The molecule has 1 unspecified atom stereocenters. The number of halogens is 2. The van der Waals surface area contributed by atoms with Crippen LogP contribution in [0.3, 0.4) is 0 Å². The van der Waals surface area contributed by atoms with Gasteiger partial charge in [-0.2, -0.15) is 10.2 Å². The fraction of sp³-hybridized carbons (Fsp3) is 0.574. The third-order valence-corrected chi connectivity index (χ3v) is 14.8. The van der Waals surface area contributed by atoms with Gasteiger partial charge >= 0.3 is 5.69 Å². The van der Waals surface area contributed by atoms with Crippen LogP contribution in [0.2, 0.25) is 0 Å². The second kappa shape index (κ2) is 18.6. The molecule has 4 aliphatic heterocycles. The van der Waals surface area contributed by atoms with Gasteiger partial charge in [0, 0.05) is 76.6 Å². The van der Waals surface area contributed by atoms with E-state index in [1.54, 1.807) is 17.8 Å². The molecule has 1 aromatic carbocycles. The Morgan fingerprint density at radius 3 is 2.48 bits per heavy atom. The number of amides is 4. The molecule has 5 aromatic rings. The summed E-state index contributed by atoms with van der Waals surface area (Å²) in [7, 11) is 1.73. The van der Waals surface area contributed by atoms with Crippen LogP contribution in [0.5, 0.6) is 0 Å². The van der Waals surface area contributed by atoms with Gasteiger partial charge in [0.05, 0.1) is 35.1 Å². The van der Waals surface area contributed by atoms with E-state index < -0.39 is 30.0 Å². The summed E-state index contributed by atoms with van der Waals surface area (Å²) >= 11 is 0. The summed E-state index contributed by atoms with van der Waals surface area (Å²) < 4.78 is 40.7. The summed E-state index contributed by atoms with van der Waals surface area (Å²) in [4.78, 5) is 77.0. The van der Waals surface area contributed by atoms with Crippen molar-refractivity contribution in [3.05, 3.63) is 70.2 Å². The zero-order valence-electron chi connectivity index (χ0n) is 38.0. The average Bonchev–Trinajstić information content (AvgIpc) is 4.16. The first-order valence-corrected chi connectivity index (χ1v) is 23.9. The quantitative estimate of drug-likeness (QED) is 0.115. The Kier molecular flexibility index (Phi) is 12.4. The topological polar surface area (TPSA) is 186 Å². The van der Waals surface area contributed by atoms with E-state index in [1.807, 2.05) is 31.2 Å². The van der Waals surface area contributed by atoms with Gasteiger partial charge in [0.25, 0.3) is 12.3 Å². The van der Waals surface area contributed by atoms with Crippen molar-refractivity contribution in [2.45, 2.75) is 121 Å². The molecule has 20 heteroatoms. The molecule has 5 aliphatic rings. The number of imide groups is 1. The summed E-state index contributed by atoms with van der Waals surface area (Å²) in [6, 6.07) is 7.06. The lowest BCUT2D eigenvalue weighted by atomic mass is 9.84. The summed E-state index contributed by atoms with van der Waals surface area (Å²) in [6.07, 6.45) is 10.2. The molecule has 18 nitrogen and oxygen atoms in total. The first kappa shape index (κ1) is 44.8.